The minimum absolute atomic E-state index is 0.141. The molecule has 10 heteroatoms. The van der Waals surface area contributed by atoms with Crippen LogP contribution in [0.2, 0.25) is 0 Å². The normalized spacial score (nSPS) is 14.9. The maximum atomic E-state index is 13.1. The maximum absolute atomic E-state index is 13.1. The summed E-state index contributed by atoms with van der Waals surface area (Å²) in [5.41, 5.74) is 3.42. The zero-order chi connectivity index (χ0) is 24.6. The van der Waals surface area contributed by atoms with Crippen molar-refractivity contribution in [3.63, 3.8) is 0 Å². The average Bonchev–Trinajstić information content (AvgIpc) is 3.28. The molecule has 1 unspecified atom stereocenters. The standard InChI is InChI=1S/C25H30N6O3S/c1-18-3-5-19(6-4-18)22(15-31-11-13-34-14-12-31)28-24(33)20-7-9-21(10-8-20)27-23(32)16-35-25-29-26-17-30(25)2/h3-10,17,22H,11-16H2,1-2H3,(H,27,32)(H,28,33). The quantitative estimate of drug-likeness (QED) is 0.441. The summed E-state index contributed by atoms with van der Waals surface area (Å²) in [7, 11) is 1.83. The van der Waals surface area contributed by atoms with Gasteiger partial charge >= 0.3 is 0 Å². The monoisotopic (exact) mass is 494 g/mol. The molecule has 1 fully saturated rings. The van der Waals surface area contributed by atoms with E-state index in [2.05, 4.69) is 50.0 Å². The maximum Gasteiger partial charge on any atom is 0.251 e. The smallest absolute Gasteiger partial charge is 0.251 e. The predicted molar refractivity (Wildman–Crippen MR) is 135 cm³/mol. The lowest BCUT2D eigenvalue weighted by Gasteiger charge is -2.31. The van der Waals surface area contributed by atoms with Crippen LogP contribution in [0.3, 0.4) is 0 Å². The summed E-state index contributed by atoms with van der Waals surface area (Å²) in [5, 5.41) is 14.5. The van der Waals surface area contributed by atoms with Gasteiger partial charge in [-0.25, -0.2) is 0 Å². The number of thioether (sulfide) groups is 1. The largest absolute Gasteiger partial charge is 0.379 e. The SMILES string of the molecule is Cc1ccc(C(CN2CCOCC2)NC(=O)c2ccc(NC(=O)CSc3nncn3C)cc2)cc1. The van der Waals surface area contributed by atoms with E-state index < -0.39 is 0 Å². The molecular weight excluding hydrogens is 464 g/mol. The zero-order valence-corrected chi connectivity index (χ0v) is 20.8. The Kier molecular flexibility index (Phi) is 8.51. The van der Waals surface area contributed by atoms with Gasteiger partial charge in [0, 0.05) is 37.9 Å². The van der Waals surface area contributed by atoms with Crippen LogP contribution in [0.4, 0.5) is 5.69 Å². The topological polar surface area (TPSA) is 101 Å². The molecule has 2 N–H and O–H groups in total. The van der Waals surface area contributed by atoms with Gasteiger partial charge in [0.15, 0.2) is 5.16 Å². The van der Waals surface area contributed by atoms with Crippen LogP contribution in [0.25, 0.3) is 0 Å². The zero-order valence-electron chi connectivity index (χ0n) is 19.9. The first-order valence-corrected chi connectivity index (χ1v) is 12.5. The van der Waals surface area contributed by atoms with Gasteiger partial charge in [-0.05, 0) is 36.8 Å². The van der Waals surface area contributed by atoms with Gasteiger partial charge in [0.05, 0.1) is 25.0 Å². The second kappa shape index (κ2) is 12.0. The lowest BCUT2D eigenvalue weighted by atomic mass is 10.0. The Balaban J connectivity index is 1.36. The minimum atomic E-state index is -0.153. The molecule has 0 saturated carbocycles. The van der Waals surface area contributed by atoms with Gasteiger partial charge in [0.2, 0.25) is 5.91 Å². The molecule has 0 bridgehead atoms. The van der Waals surface area contributed by atoms with E-state index in [-0.39, 0.29) is 23.6 Å². The summed E-state index contributed by atoms with van der Waals surface area (Å²) in [4.78, 5) is 27.7. The van der Waals surface area contributed by atoms with Crippen LogP contribution in [0, 0.1) is 6.92 Å². The van der Waals surface area contributed by atoms with Gasteiger partial charge in [-0.3, -0.25) is 14.5 Å². The van der Waals surface area contributed by atoms with Gasteiger partial charge < -0.3 is 19.9 Å². The molecule has 0 radical (unpaired) electrons. The van der Waals surface area contributed by atoms with E-state index in [0.29, 0.717) is 29.6 Å². The third-order valence-corrected chi connectivity index (χ3v) is 6.80. The number of nitrogens with one attached hydrogen (secondary N) is 2. The Morgan fingerprint density at radius 1 is 1.09 bits per heavy atom. The van der Waals surface area contributed by atoms with Crippen LogP contribution in [-0.4, -0.2) is 70.1 Å². The molecule has 4 rings (SSSR count). The highest BCUT2D eigenvalue weighted by atomic mass is 32.2. The number of nitrogens with zero attached hydrogens (tertiary/aromatic N) is 4. The molecule has 3 aromatic rings. The first kappa shape index (κ1) is 24.9. The first-order chi connectivity index (χ1) is 17.0. The number of aryl methyl sites for hydroxylation is 2. The van der Waals surface area contributed by atoms with Crippen molar-refractivity contribution in [3.8, 4) is 0 Å². The summed E-state index contributed by atoms with van der Waals surface area (Å²) in [6.07, 6.45) is 1.59. The predicted octanol–water partition coefficient (Wildman–Crippen LogP) is 2.66. The molecule has 1 saturated heterocycles. The first-order valence-electron chi connectivity index (χ1n) is 11.5. The molecule has 184 valence electrons. The van der Waals surface area contributed by atoms with Crippen molar-refractivity contribution in [3.05, 3.63) is 71.5 Å². The third kappa shape index (κ3) is 7.14. The summed E-state index contributed by atoms with van der Waals surface area (Å²) in [6.45, 7) is 5.88. The van der Waals surface area contributed by atoms with Crippen molar-refractivity contribution in [2.45, 2.75) is 18.1 Å². The summed E-state index contributed by atoms with van der Waals surface area (Å²) >= 11 is 1.31. The van der Waals surface area contributed by atoms with Gasteiger partial charge in [0.1, 0.15) is 6.33 Å². The molecule has 2 amide bonds. The van der Waals surface area contributed by atoms with E-state index in [1.54, 1.807) is 35.2 Å². The van der Waals surface area contributed by atoms with Crippen LogP contribution in [0.15, 0.2) is 60.0 Å². The van der Waals surface area contributed by atoms with Crippen molar-refractivity contribution < 1.29 is 14.3 Å². The van der Waals surface area contributed by atoms with Crippen molar-refractivity contribution in [2.24, 2.45) is 7.05 Å². The fourth-order valence-corrected chi connectivity index (χ4v) is 4.44. The summed E-state index contributed by atoms with van der Waals surface area (Å²) in [6, 6.07) is 15.0. The van der Waals surface area contributed by atoms with Gasteiger partial charge in [0.25, 0.3) is 5.91 Å². The molecule has 2 heterocycles. The molecule has 2 aromatic carbocycles. The molecule has 0 aliphatic carbocycles. The number of carbonyl (C=O) groups excluding carboxylic acids is 2. The van der Waals surface area contributed by atoms with Crippen LogP contribution < -0.4 is 10.6 Å². The van der Waals surface area contributed by atoms with Crippen LogP contribution in [0.5, 0.6) is 0 Å². The molecule has 1 aliphatic heterocycles. The molecule has 9 nitrogen and oxygen atoms in total. The van der Waals surface area contributed by atoms with E-state index in [1.807, 2.05) is 14.0 Å². The van der Waals surface area contributed by atoms with E-state index in [1.165, 1.54) is 17.3 Å². The Morgan fingerprint density at radius 2 is 1.80 bits per heavy atom. The highest BCUT2D eigenvalue weighted by Crippen LogP contribution is 2.19. The lowest BCUT2D eigenvalue weighted by molar-refractivity contribution is -0.113. The molecular formula is C25H30N6O3S. The summed E-state index contributed by atoms with van der Waals surface area (Å²) in [5.74, 6) is -0.0890. The van der Waals surface area contributed by atoms with Crippen LogP contribution in [0.1, 0.15) is 27.5 Å². The Bertz CT molecular complexity index is 1130. The van der Waals surface area contributed by atoms with Gasteiger partial charge in [-0.2, -0.15) is 0 Å². The minimum Gasteiger partial charge on any atom is -0.379 e. The van der Waals surface area contributed by atoms with Crippen LogP contribution >= 0.6 is 11.8 Å². The Hall–Kier alpha value is -3.21. The van der Waals surface area contributed by atoms with E-state index in [9.17, 15) is 9.59 Å². The van der Waals surface area contributed by atoms with Crippen molar-refractivity contribution in [1.29, 1.82) is 0 Å². The number of aromatic nitrogens is 3. The number of hydrogen-bond acceptors (Lipinski definition) is 7. The average molecular weight is 495 g/mol. The van der Waals surface area contributed by atoms with E-state index >= 15 is 0 Å². The molecule has 1 aromatic heterocycles. The third-order valence-electron chi connectivity index (χ3n) is 5.76. The number of carbonyl (C=O) groups is 2. The number of morpholine rings is 1. The second-order valence-corrected chi connectivity index (χ2v) is 9.43. The van der Waals surface area contributed by atoms with Crippen molar-refractivity contribution >= 4 is 29.3 Å². The number of amides is 2. The highest BCUT2D eigenvalue weighted by molar-refractivity contribution is 7.99. The van der Waals surface area contributed by atoms with E-state index in [4.69, 9.17) is 4.74 Å². The highest BCUT2D eigenvalue weighted by Gasteiger charge is 2.21. The van der Waals surface area contributed by atoms with Crippen molar-refractivity contribution in [2.75, 3.05) is 43.9 Å². The molecule has 1 aliphatic rings. The summed E-state index contributed by atoms with van der Waals surface area (Å²) < 4.78 is 7.22. The number of ether oxygens (including phenoxy) is 1. The van der Waals surface area contributed by atoms with Gasteiger partial charge in [-0.15, -0.1) is 10.2 Å². The van der Waals surface area contributed by atoms with Gasteiger partial charge in [-0.1, -0.05) is 41.6 Å². The molecule has 35 heavy (non-hydrogen) atoms. The second-order valence-electron chi connectivity index (χ2n) is 8.49. The van der Waals surface area contributed by atoms with Crippen molar-refractivity contribution in [1.82, 2.24) is 25.0 Å². The number of hydrogen-bond donors (Lipinski definition) is 2. The number of rotatable bonds is 9. The Labute approximate surface area is 209 Å². The fraction of sp³-hybridized carbons (Fsp3) is 0.360. The number of benzene rings is 2. The fourth-order valence-electron chi connectivity index (χ4n) is 3.75. The molecule has 1 atom stereocenters. The Morgan fingerprint density at radius 3 is 2.46 bits per heavy atom. The van der Waals surface area contributed by atoms with Crippen LogP contribution in [-0.2, 0) is 16.6 Å². The lowest BCUT2D eigenvalue weighted by Crippen LogP contribution is -2.43. The van der Waals surface area contributed by atoms with E-state index in [0.717, 1.165) is 25.2 Å². The number of anilines is 1. The molecule has 0 spiro atoms.